The zero-order valence-electron chi connectivity index (χ0n) is 20.9. The summed E-state index contributed by atoms with van der Waals surface area (Å²) in [4.78, 5) is 40.7. The number of thioether (sulfide) groups is 1. The molecule has 0 N–H and O–H groups in total. The summed E-state index contributed by atoms with van der Waals surface area (Å²) in [6.45, 7) is 0.148. The third-order valence-electron chi connectivity index (χ3n) is 8.32. The molecule has 4 bridgehead atoms. The predicted octanol–water partition coefficient (Wildman–Crippen LogP) is 7.47. The Labute approximate surface area is 239 Å². The summed E-state index contributed by atoms with van der Waals surface area (Å²) in [5.74, 6) is 2.11. The first kappa shape index (κ1) is 26.0. The van der Waals surface area contributed by atoms with E-state index in [1.54, 1.807) is 36.4 Å². The summed E-state index contributed by atoms with van der Waals surface area (Å²) in [6.07, 6.45) is 8.15. The molecule has 6 nitrogen and oxygen atoms in total. The van der Waals surface area contributed by atoms with Crippen molar-refractivity contribution in [2.45, 2.75) is 45.1 Å². The maximum Gasteiger partial charge on any atom is 0.317 e. The summed E-state index contributed by atoms with van der Waals surface area (Å²) in [6, 6.07) is 10.6. The van der Waals surface area contributed by atoms with Crippen LogP contribution >= 0.6 is 39.3 Å². The van der Waals surface area contributed by atoms with Crippen LogP contribution in [0.2, 0.25) is 5.02 Å². The highest BCUT2D eigenvalue weighted by atomic mass is 79.9. The number of benzene rings is 2. The van der Waals surface area contributed by atoms with Gasteiger partial charge in [-0.05, 0) is 125 Å². The number of methoxy groups -OCH3 is 1. The first-order valence-corrected chi connectivity index (χ1v) is 14.8. The van der Waals surface area contributed by atoms with E-state index in [0.29, 0.717) is 49.2 Å². The van der Waals surface area contributed by atoms with Crippen LogP contribution in [0.5, 0.6) is 11.5 Å². The Bertz CT molecular complexity index is 1340. The average molecular weight is 617 g/mol. The van der Waals surface area contributed by atoms with Crippen molar-refractivity contribution in [2.75, 3.05) is 7.11 Å². The molecule has 1 aliphatic heterocycles. The Hall–Kier alpha value is -2.29. The van der Waals surface area contributed by atoms with Gasteiger partial charge >= 0.3 is 5.97 Å². The number of hydrogen-bond donors (Lipinski definition) is 0. The normalized spacial score (nSPS) is 28.9. The van der Waals surface area contributed by atoms with Crippen LogP contribution in [0.15, 0.2) is 45.8 Å². The fourth-order valence-corrected chi connectivity index (χ4v) is 8.68. The third-order valence-corrected chi connectivity index (χ3v) is 10.1. The molecule has 5 fully saturated rings. The number of rotatable bonds is 6. The van der Waals surface area contributed by atoms with Crippen molar-refractivity contribution in [3.05, 3.63) is 61.9 Å². The highest BCUT2D eigenvalue weighted by molar-refractivity contribution is 9.10. The van der Waals surface area contributed by atoms with Crippen LogP contribution in [0.25, 0.3) is 6.08 Å². The van der Waals surface area contributed by atoms with Gasteiger partial charge in [0.25, 0.3) is 11.1 Å². The number of imide groups is 1. The largest absolute Gasteiger partial charge is 0.493 e. The first-order chi connectivity index (χ1) is 18.2. The molecule has 5 aliphatic rings. The maximum atomic E-state index is 13.5. The number of halogens is 2. The first-order valence-electron chi connectivity index (χ1n) is 12.8. The molecule has 38 heavy (non-hydrogen) atoms. The van der Waals surface area contributed by atoms with Gasteiger partial charge in [0, 0.05) is 5.02 Å². The van der Waals surface area contributed by atoms with Crippen LogP contribution < -0.4 is 9.47 Å². The smallest absolute Gasteiger partial charge is 0.317 e. The van der Waals surface area contributed by atoms with Gasteiger partial charge in [-0.25, -0.2) is 0 Å². The minimum absolute atomic E-state index is 0.148. The Kier molecular flexibility index (Phi) is 6.85. The molecule has 198 valence electrons. The van der Waals surface area contributed by atoms with Crippen LogP contribution in [0.3, 0.4) is 0 Å². The third kappa shape index (κ3) is 4.80. The van der Waals surface area contributed by atoms with Crippen molar-refractivity contribution in [1.82, 2.24) is 4.90 Å². The van der Waals surface area contributed by atoms with E-state index in [9.17, 15) is 14.4 Å². The number of ether oxygens (including phenoxy) is 2. The second kappa shape index (κ2) is 10.0. The lowest BCUT2D eigenvalue weighted by molar-refractivity contribution is -0.161. The van der Waals surface area contributed by atoms with E-state index in [1.165, 1.54) is 31.3 Å². The lowest BCUT2D eigenvalue weighted by Gasteiger charge is -2.55. The van der Waals surface area contributed by atoms with Gasteiger partial charge in [0.2, 0.25) is 0 Å². The standard InChI is InChI=1S/C29H27BrClNO5S/c1-36-23-10-17(11-24-26(33)32(28(35)38-24)15-16-3-2-4-21(31)8-16)9-22(30)25(23)37-27(34)29-12-18-5-19(13-29)7-20(6-18)14-29/h2-4,8-11,18-20H,5-7,12-15H2,1H3/b24-11-. The summed E-state index contributed by atoms with van der Waals surface area (Å²) >= 11 is 10.5. The molecular weight excluding hydrogens is 590 g/mol. The number of nitrogens with zero attached hydrogens (tertiary/aromatic N) is 1. The second-order valence-corrected chi connectivity index (χ2v) is 13.3. The van der Waals surface area contributed by atoms with Gasteiger partial charge in [-0.3, -0.25) is 19.3 Å². The molecule has 4 saturated carbocycles. The van der Waals surface area contributed by atoms with Gasteiger partial charge < -0.3 is 9.47 Å². The highest BCUT2D eigenvalue weighted by Crippen LogP contribution is 2.60. The predicted molar refractivity (Wildman–Crippen MR) is 150 cm³/mol. The minimum Gasteiger partial charge on any atom is -0.493 e. The van der Waals surface area contributed by atoms with Crippen molar-refractivity contribution >= 4 is 62.5 Å². The van der Waals surface area contributed by atoms with E-state index in [4.69, 9.17) is 21.1 Å². The molecule has 7 rings (SSSR count). The number of hydrogen-bond acceptors (Lipinski definition) is 6. The van der Waals surface area contributed by atoms with Gasteiger partial charge in [-0.15, -0.1) is 0 Å². The maximum absolute atomic E-state index is 13.5. The minimum atomic E-state index is -0.389. The fraction of sp³-hybridized carbons (Fsp3) is 0.414. The van der Waals surface area contributed by atoms with E-state index >= 15 is 0 Å². The van der Waals surface area contributed by atoms with Crippen LogP contribution in [-0.2, 0) is 16.1 Å². The quantitative estimate of drug-likeness (QED) is 0.190. The lowest BCUT2D eigenvalue weighted by Crippen LogP contribution is -2.51. The summed E-state index contributed by atoms with van der Waals surface area (Å²) < 4.78 is 12.2. The second-order valence-electron chi connectivity index (χ2n) is 11.0. The summed E-state index contributed by atoms with van der Waals surface area (Å²) in [7, 11) is 1.52. The number of amides is 2. The zero-order valence-corrected chi connectivity index (χ0v) is 24.0. The van der Waals surface area contributed by atoms with E-state index < -0.39 is 0 Å². The Morgan fingerprint density at radius 3 is 2.45 bits per heavy atom. The van der Waals surface area contributed by atoms with Crippen molar-refractivity contribution in [3.8, 4) is 11.5 Å². The molecule has 1 heterocycles. The van der Waals surface area contributed by atoms with Crippen molar-refractivity contribution < 1.29 is 23.9 Å². The summed E-state index contributed by atoms with van der Waals surface area (Å²) in [5, 5.41) is 0.208. The van der Waals surface area contributed by atoms with Gasteiger partial charge in [0.1, 0.15) is 0 Å². The molecule has 0 aromatic heterocycles. The SMILES string of the molecule is COc1cc(/C=C2\SC(=O)N(Cc3cccc(Cl)c3)C2=O)cc(Br)c1OC(=O)C12CC3CC(CC(C3)C1)C2. The van der Waals surface area contributed by atoms with Crippen molar-refractivity contribution in [2.24, 2.45) is 23.2 Å². The van der Waals surface area contributed by atoms with E-state index in [-0.39, 0.29) is 29.1 Å². The Morgan fingerprint density at radius 2 is 1.82 bits per heavy atom. The number of esters is 1. The Balaban J connectivity index is 1.21. The zero-order chi connectivity index (χ0) is 26.6. The van der Waals surface area contributed by atoms with Crippen molar-refractivity contribution in [1.29, 1.82) is 0 Å². The van der Waals surface area contributed by atoms with Gasteiger partial charge in [0.05, 0.1) is 28.4 Å². The van der Waals surface area contributed by atoms with Gasteiger partial charge in [0.15, 0.2) is 11.5 Å². The van der Waals surface area contributed by atoms with Gasteiger partial charge in [-0.2, -0.15) is 0 Å². The number of carbonyl (C=O) groups excluding carboxylic acids is 3. The summed E-state index contributed by atoms with van der Waals surface area (Å²) in [5.41, 5.74) is 1.03. The lowest BCUT2D eigenvalue weighted by atomic mass is 9.49. The monoisotopic (exact) mass is 615 g/mol. The molecule has 9 heteroatoms. The van der Waals surface area contributed by atoms with Crippen LogP contribution in [0.4, 0.5) is 4.79 Å². The van der Waals surface area contributed by atoms with E-state index in [0.717, 1.165) is 36.6 Å². The molecule has 1 saturated heterocycles. The molecule has 0 atom stereocenters. The molecule has 0 unspecified atom stereocenters. The number of carbonyl (C=O) groups is 3. The van der Waals surface area contributed by atoms with E-state index in [2.05, 4.69) is 15.9 Å². The molecular formula is C29H27BrClNO5S. The molecule has 2 amide bonds. The average Bonchev–Trinajstić information content (AvgIpc) is 3.11. The van der Waals surface area contributed by atoms with Crippen molar-refractivity contribution in [3.63, 3.8) is 0 Å². The van der Waals surface area contributed by atoms with Crippen LogP contribution in [0.1, 0.15) is 49.7 Å². The van der Waals surface area contributed by atoms with E-state index in [1.807, 2.05) is 6.07 Å². The molecule has 2 aromatic rings. The van der Waals surface area contributed by atoms with Gasteiger partial charge in [-0.1, -0.05) is 23.7 Å². The fourth-order valence-electron chi connectivity index (χ4n) is 7.09. The molecule has 0 radical (unpaired) electrons. The van der Waals surface area contributed by atoms with Crippen LogP contribution in [-0.4, -0.2) is 29.1 Å². The van der Waals surface area contributed by atoms with Crippen LogP contribution in [0, 0.1) is 23.2 Å². The molecule has 0 spiro atoms. The Morgan fingerprint density at radius 1 is 1.13 bits per heavy atom. The molecule has 4 aliphatic carbocycles. The molecule has 2 aromatic carbocycles. The topological polar surface area (TPSA) is 72.9 Å². The highest BCUT2D eigenvalue weighted by Gasteiger charge is 2.55.